The van der Waals surface area contributed by atoms with Crippen molar-refractivity contribution in [2.45, 2.75) is 19.8 Å². The predicted molar refractivity (Wildman–Crippen MR) is 90.3 cm³/mol. The highest BCUT2D eigenvalue weighted by Crippen LogP contribution is 2.17. The van der Waals surface area contributed by atoms with E-state index in [1.165, 1.54) is 0 Å². The molecule has 0 bridgehead atoms. The zero-order chi connectivity index (χ0) is 15.8. The SMILES string of the molecule is CCCCOc1ccc(NC(=O)Nc2ccc(N)cc2)cc1. The lowest BCUT2D eigenvalue weighted by Crippen LogP contribution is -2.19. The number of benzene rings is 2. The number of carbonyl (C=O) groups excluding carboxylic acids is 1. The lowest BCUT2D eigenvalue weighted by molar-refractivity contribution is 0.262. The molecule has 2 amide bonds. The Morgan fingerprint density at radius 3 is 2.09 bits per heavy atom. The van der Waals surface area contributed by atoms with Crippen molar-refractivity contribution < 1.29 is 9.53 Å². The van der Waals surface area contributed by atoms with E-state index in [0.717, 1.165) is 18.6 Å². The maximum absolute atomic E-state index is 11.9. The summed E-state index contributed by atoms with van der Waals surface area (Å²) in [5.74, 6) is 0.804. The Kier molecular flexibility index (Phi) is 5.65. The number of urea groups is 1. The van der Waals surface area contributed by atoms with Crippen LogP contribution in [-0.4, -0.2) is 12.6 Å². The lowest BCUT2D eigenvalue weighted by atomic mass is 10.3. The average Bonchev–Trinajstić information content (AvgIpc) is 2.51. The van der Waals surface area contributed by atoms with Gasteiger partial charge < -0.3 is 21.1 Å². The Hall–Kier alpha value is -2.69. The molecular weight excluding hydrogens is 278 g/mol. The number of hydrogen-bond donors (Lipinski definition) is 3. The first-order valence-electron chi connectivity index (χ1n) is 7.34. The molecule has 0 saturated heterocycles. The van der Waals surface area contributed by atoms with Gasteiger partial charge in [-0.15, -0.1) is 0 Å². The van der Waals surface area contributed by atoms with E-state index in [0.29, 0.717) is 23.7 Å². The zero-order valence-corrected chi connectivity index (χ0v) is 12.6. The largest absolute Gasteiger partial charge is 0.494 e. The second kappa shape index (κ2) is 7.93. The Morgan fingerprint density at radius 2 is 1.55 bits per heavy atom. The van der Waals surface area contributed by atoms with Crippen molar-refractivity contribution in [1.29, 1.82) is 0 Å². The van der Waals surface area contributed by atoms with Crippen LogP contribution in [0.3, 0.4) is 0 Å². The molecule has 0 saturated carbocycles. The Morgan fingerprint density at radius 1 is 1.00 bits per heavy atom. The molecule has 0 aliphatic carbocycles. The van der Waals surface area contributed by atoms with Crippen molar-refractivity contribution in [3.8, 4) is 5.75 Å². The molecular formula is C17H21N3O2. The number of amides is 2. The standard InChI is InChI=1S/C17H21N3O2/c1-2-3-12-22-16-10-8-15(9-11-16)20-17(21)19-14-6-4-13(18)5-7-14/h4-11H,2-3,12,18H2,1H3,(H2,19,20,21). The van der Waals surface area contributed by atoms with Gasteiger partial charge in [0.05, 0.1) is 6.61 Å². The molecule has 0 atom stereocenters. The fourth-order valence-electron chi connectivity index (χ4n) is 1.83. The molecule has 0 heterocycles. The number of anilines is 3. The number of ether oxygens (including phenoxy) is 1. The van der Waals surface area contributed by atoms with Crippen LogP contribution in [0.4, 0.5) is 21.9 Å². The number of rotatable bonds is 6. The summed E-state index contributed by atoms with van der Waals surface area (Å²) < 4.78 is 5.57. The molecule has 0 radical (unpaired) electrons. The third-order valence-corrected chi connectivity index (χ3v) is 3.05. The molecule has 22 heavy (non-hydrogen) atoms. The lowest BCUT2D eigenvalue weighted by Gasteiger charge is -2.09. The predicted octanol–water partition coefficient (Wildman–Crippen LogP) is 4.09. The van der Waals surface area contributed by atoms with E-state index in [1.54, 1.807) is 24.3 Å². The van der Waals surface area contributed by atoms with Gasteiger partial charge in [0.1, 0.15) is 5.75 Å². The summed E-state index contributed by atoms with van der Waals surface area (Å²) >= 11 is 0. The molecule has 2 aromatic rings. The van der Waals surface area contributed by atoms with Crippen LogP contribution in [0.25, 0.3) is 0 Å². The molecule has 4 N–H and O–H groups in total. The van der Waals surface area contributed by atoms with E-state index >= 15 is 0 Å². The normalized spacial score (nSPS) is 10.0. The minimum Gasteiger partial charge on any atom is -0.494 e. The van der Waals surface area contributed by atoms with E-state index in [1.807, 2.05) is 24.3 Å². The molecule has 0 fully saturated rings. The van der Waals surface area contributed by atoms with Crippen LogP contribution in [-0.2, 0) is 0 Å². The van der Waals surface area contributed by atoms with Crippen molar-refractivity contribution in [3.05, 3.63) is 48.5 Å². The summed E-state index contributed by atoms with van der Waals surface area (Å²) in [6.45, 7) is 2.83. The van der Waals surface area contributed by atoms with Crippen molar-refractivity contribution in [1.82, 2.24) is 0 Å². The molecule has 2 rings (SSSR count). The van der Waals surface area contributed by atoms with E-state index < -0.39 is 0 Å². The highest BCUT2D eigenvalue weighted by molar-refractivity contribution is 5.99. The summed E-state index contributed by atoms with van der Waals surface area (Å²) in [6.07, 6.45) is 2.13. The van der Waals surface area contributed by atoms with Gasteiger partial charge in [-0.1, -0.05) is 13.3 Å². The summed E-state index contributed by atoms with van der Waals surface area (Å²) in [6, 6.07) is 14.0. The third-order valence-electron chi connectivity index (χ3n) is 3.05. The smallest absolute Gasteiger partial charge is 0.323 e. The Balaban J connectivity index is 1.84. The third kappa shape index (κ3) is 5.01. The van der Waals surface area contributed by atoms with Crippen molar-refractivity contribution >= 4 is 23.1 Å². The molecule has 5 nitrogen and oxygen atoms in total. The highest BCUT2D eigenvalue weighted by Gasteiger charge is 2.03. The van der Waals surface area contributed by atoms with Crippen LogP contribution in [0.2, 0.25) is 0 Å². The van der Waals surface area contributed by atoms with Gasteiger partial charge in [0.25, 0.3) is 0 Å². The maximum Gasteiger partial charge on any atom is 0.323 e. The maximum atomic E-state index is 11.9. The van der Waals surface area contributed by atoms with E-state index in [9.17, 15) is 4.79 Å². The van der Waals surface area contributed by atoms with Gasteiger partial charge in [-0.05, 0) is 55.0 Å². The quantitative estimate of drug-likeness (QED) is 0.555. The number of nitrogens with two attached hydrogens (primary N) is 1. The Bertz CT molecular complexity index is 594. The van der Waals surface area contributed by atoms with Crippen molar-refractivity contribution in [2.75, 3.05) is 23.0 Å². The van der Waals surface area contributed by atoms with Gasteiger partial charge in [-0.3, -0.25) is 0 Å². The average molecular weight is 299 g/mol. The number of hydrogen-bond acceptors (Lipinski definition) is 3. The van der Waals surface area contributed by atoms with Crippen molar-refractivity contribution in [3.63, 3.8) is 0 Å². The number of nitrogen functional groups attached to an aromatic ring is 1. The van der Waals surface area contributed by atoms with Gasteiger partial charge in [0.15, 0.2) is 0 Å². The second-order valence-electron chi connectivity index (χ2n) is 4.93. The summed E-state index contributed by atoms with van der Waals surface area (Å²) in [4.78, 5) is 11.9. The van der Waals surface area contributed by atoms with Crippen molar-refractivity contribution in [2.24, 2.45) is 0 Å². The zero-order valence-electron chi connectivity index (χ0n) is 12.6. The van der Waals surface area contributed by atoms with Crippen LogP contribution in [0.5, 0.6) is 5.75 Å². The van der Waals surface area contributed by atoms with Crippen LogP contribution >= 0.6 is 0 Å². The molecule has 0 aliphatic heterocycles. The summed E-state index contributed by atoms with van der Waals surface area (Å²) in [5.41, 5.74) is 7.65. The second-order valence-corrected chi connectivity index (χ2v) is 4.93. The fraction of sp³-hybridized carbons (Fsp3) is 0.235. The first kappa shape index (κ1) is 15.7. The molecule has 0 aliphatic rings. The Labute approximate surface area is 130 Å². The highest BCUT2D eigenvalue weighted by atomic mass is 16.5. The molecule has 2 aromatic carbocycles. The van der Waals surface area contributed by atoms with Gasteiger partial charge in [-0.2, -0.15) is 0 Å². The van der Waals surface area contributed by atoms with Crippen LogP contribution in [0.15, 0.2) is 48.5 Å². The summed E-state index contributed by atoms with van der Waals surface area (Å²) in [7, 11) is 0. The minimum absolute atomic E-state index is 0.301. The van der Waals surface area contributed by atoms with Crippen LogP contribution in [0, 0.1) is 0 Å². The van der Waals surface area contributed by atoms with E-state index in [2.05, 4.69) is 17.6 Å². The van der Waals surface area contributed by atoms with Crippen LogP contribution in [0.1, 0.15) is 19.8 Å². The van der Waals surface area contributed by atoms with Gasteiger partial charge in [-0.25, -0.2) is 4.79 Å². The number of nitrogens with one attached hydrogen (secondary N) is 2. The van der Waals surface area contributed by atoms with Gasteiger partial charge >= 0.3 is 6.03 Å². The van der Waals surface area contributed by atoms with E-state index in [4.69, 9.17) is 10.5 Å². The summed E-state index contributed by atoms with van der Waals surface area (Å²) in [5, 5.41) is 5.50. The molecule has 0 unspecified atom stereocenters. The number of carbonyl (C=O) groups is 1. The first-order valence-corrected chi connectivity index (χ1v) is 7.34. The molecule has 5 heteroatoms. The fourth-order valence-corrected chi connectivity index (χ4v) is 1.83. The topological polar surface area (TPSA) is 76.4 Å². The first-order chi connectivity index (χ1) is 10.7. The number of unbranched alkanes of at least 4 members (excludes halogenated alkanes) is 1. The van der Waals surface area contributed by atoms with Gasteiger partial charge in [0.2, 0.25) is 0 Å². The van der Waals surface area contributed by atoms with E-state index in [-0.39, 0.29) is 6.03 Å². The molecule has 0 aromatic heterocycles. The molecule has 116 valence electrons. The van der Waals surface area contributed by atoms with Gasteiger partial charge in [0, 0.05) is 17.1 Å². The minimum atomic E-state index is -0.301. The monoisotopic (exact) mass is 299 g/mol. The molecule has 0 spiro atoms. The van der Waals surface area contributed by atoms with Crippen LogP contribution < -0.4 is 21.1 Å².